The number of nitrogens with one attached hydrogen (secondary N) is 1. The van der Waals surface area contributed by atoms with E-state index in [0.717, 1.165) is 16.6 Å². The molecule has 0 saturated carbocycles. The van der Waals surface area contributed by atoms with E-state index in [-0.39, 0.29) is 6.29 Å². The van der Waals surface area contributed by atoms with Crippen LogP contribution in [0.25, 0.3) is 10.4 Å². The van der Waals surface area contributed by atoms with Crippen LogP contribution >= 0.6 is 11.3 Å². The van der Waals surface area contributed by atoms with Gasteiger partial charge in [-0.15, -0.1) is 11.3 Å². The lowest BCUT2D eigenvalue weighted by Crippen LogP contribution is -2.03. The molecule has 1 heterocycles. The molecular weight excluding hydrogens is 290 g/mol. The van der Waals surface area contributed by atoms with E-state index in [2.05, 4.69) is 11.4 Å². The number of carbonyl (C=O) groups is 1. The van der Waals surface area contributed by atoms with Crippen LogP contribution in [-0.2, 0) is 4.79 Å². The summed E-state index contributed by atoms with van der Waals surface area (Å²) in [6.45, 7) is 0. The molecule has 1 N–H and O–H groups in total. The predicted octanol–water partition coefficient (Wildman–Crippen LogP) is 3.02. The second kappa shape index (κ2) is 6.45. The molecule has 7 heteroatoms. The van der Waals surface area contributed by atoms with Crippen molar-refractivity contribution in [3.63, 3.8) is 0 Å². The third-order valence-corrected chi connectivity index (χ3v) is 3.68. The van der Waals surface area contributed by atoms with Gasteiger partial charge in [0.05, 0.1) is 27.3 Å². The van der Waals surface area contributed by atoms with Gasteiger partial charge in [-0.25, -0.2) is 0 Å². The summed E-state index contributed by atoms with van der Waals surface area (Å²) in [7, 11) is 0. The summed E-state index contributed by atoms with van der Waals surface area (Å²) in [4.78, 5) is 21.0. The van der Waals surface area contributed by atoms with E-state index in [4.69, 9.17) is 0 Å². The van der Waals surface area contributed by atoms with Crippen molar-refractivity contribution in [1.29, 1.82) is 5.26 Å². The Balaban J connectivity index is 2.36. The number of aldehydes is 1. The van der Waals surface area contributed by atoms with Crippen molar-refractivity contribution in [2.45, 2.75) is 0 Å². The number of nitro groups is 1. The summed E-state index contributed by atoms with van der Waals surface area (Å²) in [5.41, 5.74) is 1.10. The maximum atomic E-state index is 10.5. The summed E-state index contributed by atoms with van der Waals surface area (Å²) in [6.07, 6.45) is 1.12. The molecular formula is C14H9N3O3S. The van der Waals surface area contributed by atoms with Crippen LogP contribution in [0.2, 0.25) is 0 Å². The van der Waals surface area contributed by atoms with E-state index in [1.54, 1.807) is 5.38 Å². The van der Waals surface area contributed by atoms with Crippen molar-refractivity contribution in [1.82, 2.24) is 0 Å². The van der Waals surface area contributed by atoms with Crippen LogP contribution in [-0.4, -0.2) is 11.2 Å². The van der Waals surface area contributed by atoms with Gasteiger partial charge in [-0.05, 0) is 5.56 Å². The molecule has 21 heavy (non-hydrogen) atoms. The number of rotatable bonds is 5. The Labute approximate surface area is 124 Å². The van der Waals surface area contributed by atoms with Crippen LogP contribution in [0.5, 0.6) is 0 Å². The average molecular weight is 299 g/mol. The summed E-state index contributed by atoms with van der Waals surface area (Å²) in [5, 5.41) is 24.1. The molecule has 0 bridgehead atoms. The summed E-state index contributed by atoms with van der Waals surface area (Å²) in [6, 6.07) is 11.4. The quantitative estimate of drug-likeness (QED) is 0.396. The number of allylic oxidation sites excluding steroid dienone is 1. The third-order valence-electron chi connectivity index (χ3n) is 2.65. The lowest BCUT2D eigenvalue weighted by Gasteiger charge is -2.00. The Bertz CT molecular complexity index is 745. The zero-order valence-electron chi connectivity index (χ0n) is 10.6. The number of nitrogens with zero attached hydrogens (tertiary/aromatic N) is 2. The zero-order chi connectivity index (χ0) is 15.2. The SMILES string of the molecule is N#Cc1c(NC=C(C=O)[N+](=O)[O-])csc1-c1ccccc1. The lowest BCUT2D eigenvalue weighted by molar-refractivity contribution is -0.417. The van der Waals surface area contributed by atoms with Gasteiger partial charge >= 0.3 is 5.70 Å². The number of nitriles is 1. The third kappa shape index (κ3) is 3.13. The van der Waals surface area contributed by atoms with Crippen molar-refractivity contribution in [2.24, 2.45) is 0 Å². The van der Waals surface area contributed by atoms with Gasteiger partial charge in [0.2, 0.25) is 6.29 Å². The Morgan fingerprint density at radius 2 is 2.10 bits per heavy atom. The lowest BCUT2D eigenvalue weighted by atomic mass is 10.1. The summed E-state index contributed by atoms with van der Waals surface area (Å²) in [5.74, 6) is 0. The molecule has 0 aliphatic carbocycles. The molecule has 0 spiro atoms. The van der Waals surface area contributed by atoms with Crippen molar-refractivity contribution in [2.75, 3.05) is 5.32 Å². The topological polar surface area (TPSA) is 96.0 Å². The number of hydrogen-bond donors (Lipinski definition) is 1. The molecule has 0 unspecified atom stereocenters. The van der Waals surface area contributed by atoms with Gasteiger partial charge in [0.1, 0.15) is 6.07 Å². The van der Waals surface area contributed by atoms with Crippen molar-refractivity contribution in [3.05, 3.63) is 63.3 Å². The van der Waals surface area contributed by atoms with Gasteiger partial charge in [-0.3, -0.25) is 14.9 Å². The molecule has 104 valence electrons. The first-order chi connectivity index (χ1) is 10.2. The highest BCUT2D eigenvalue weighted by molar-refractivity contribution is 7.14. The molecule has 0 aliphatic rings. The molecule has 0 fully saturated rings. The largest absolute Gasteiger partial charge is 0.354 e. The van der Waals surface area contributed by atoms with Crippen LogP contribution in [0.3, 0.4) is 0 Å². The molecule has 0 aliphatic heterocycles. The first-order valence-electron chi connectivity index (χ1n) is 5.80. The number of benzene rings is 1. The first-order valence-corrected chi connectivity index (χ1v) is 6.68. The maximum absolute atomic E-state index is 10.5. The molecule has 1 aromatic carbocycles. The molecule has 0 atom stereocenters. The standard InChI is InChI=1S/C14H9N3O3S/c15-6-12-13(16-7-11(8-18)17(19)20)9-21-14(12)10-4-2-1-3-5-10/h1-5,7-9,16H. The maximum Gasteiger partial charge on any atom is 0.324 e. The van der Waals surface area contributed by atoms with E-state index < -0.39 is 10.6 Å². The van der Waals surface area contributed by atoms with Gasteiger partial charge in [0, 0.05) is 5.38 Å². The van der Waals surface area contributed by atoms with Crippen molar-refractivity contribution >= 4 is 23.3 Å². The molecule has 2 rings (SSSR count). The Hall–Kier alpha value is -2.98. The predicted molar refractivity (Wildman–Crippen MR) is 79.2 cm³/mol. The fourth-order valence-corrected chi connectivity index (χ4v) is 2.63. The highest BCUT2D eigenvalue weighted by Gasteiger charge is 2.14. The number of anilines is 1. The minimum atomic E-state index is -0.795. The Morgan fingerprint density at radius 3 is 2.67 bits per heavy atom. The fourth-order valence-electron chi connectivity index (χ4n) is 1.66. The van der Waals surface area contributed by atoms with Crippen LogP contribution in [0.4, 0.5) is 5.69 Å². The minimum Gasteiger partial charge on any atom is -0.354 e. The van der Waals surface area contributed by atoms with Gasteiger partial charge < -0.3 is 5.32 Å². The van der Waals surface area contributed by atoms with Crippen molar-refractivity contribution < 1.29 is 9.72 Å². The van der Waals surface area contributed by atoms with E-state index >= 15 is 0 Å². The van der Waals surface area contributed by atoms with Gasteiger partial charge in [-0.2, -0.15) is 5.26 Å². The van der Waals surface area contributed by atoms with E-state index in [1.807, 2.05) is 30.3 Å². The number of carbonyl (C=O) groups excluding carboxylic acids is 1. The van der Waals surface area contributed by atoms with E-state index in [0.29, 0.717) is 11.3 Å². The van der Waals surface area contributed by atoms with E-state index in [9.17, 15) is 20.2 Å². The van der Waals surface area contributed by atoms with Crippen LogP contribution < -0.4 is 5.32 Å². The fraction of sp³-hybridized carbons (Fsp3) is 0. The summed E-state index contributed by atoms with van der Waals surface area (Å²) >= 11 is 1.35. The monoisotopic (exact) mass is 299 g/mol. The minimum absolute atomic E-state index is 0.142. The van der Waals surface area contributed by atoms with Crippen LogP contribution in [0.1, 0.15) is 5.56 Å². The molecule has 1 aromatic heterocycles. The molecule has 0 amide bonds. The highest BCUT2D eigenvalue weighted by atomic mass is 32.1. The van der Waals surface area contributed by atoms with Gasteiger partial charge in [0.25, 0.3) is 0 Å². The smallest absolute Gasteiger partial charge is 0.324 e. The highest BCUT2D eigenvalue weighted by Crippen LogP contribution is 2.35. The van der Waals surface area contributed by atoms with E-state index in [1.165, 1.54) is 11.3 Å². The Kier molecular flexibility index (Phi) is 4.43. The average Bonchev–Trinajstić information content (AvgIpc) is 2.91. The second-order valence-electron chi connectivity index (χ2n) is 3.92. The van der Waals surface area contributed by atoms with Crippen molar-refractivity contribution in [3.8, 4) is 16.5 Å². The number of hydrogen-bond acceptors (Lipinski definition) is 6. The molecule has 6 nitrogen and oxygen atoms in total. The number of thiophene rings is 1. The van der Waals surface area contributed by atoms with Gasteiger partial charge in [0.15, 0.2) is 0 Å². The second-order valence-corrected chi connectivity index (χ2v) is 4.80. The molecule has 0 radical (unpaired) electrons. The van der Waals surface area contributed by atoms with Gasteiger partial charge in [-0.1, -0.05) is 30.3 Å². The summed E-state index contributed by atoms with van der Waals surface area (Å²) < 4.78 is 0. The molecule has 0 saturated heterocycles. The molecule has 2 aromatic rings. The zero-order valence-corrected chi connectivity index (χ0v) is 11.5. The Morgan fingerprint density at radius 1 is 1.38 bits per heavy atom. The normalized spacial score (nSPS) is 10.7. The van der Waals surface area contributed by atoms with Crippen LogP contribution in [0.15, 0.2) is 47.6 Å². The van der Waals surface area contributed by atoms with Crippen LogP contribution in [0, 0.1) is 21.4 Å². The first kappa shape index (κ1) is 14.4.